The second kappa shape index (κ2) is 9.04. The van der Waals surface area contributed by atoms with Crippen LogP contribution < -0.4 is 5.32 Å². The maximum atomic E-state index is 12.8. The molecule has 3 aromatic rings. The molecule has 2 N–H and O–H groups in total. The minimum Gasteiger partial charge on any atom is -0.418 e. The van der Waals surface area contributed by atoms with Crippen molar-refractivity contribution in [1.82, 2.24) is 15.2 Å². The van der Waals surface area contributed by atoms with E-state index in [1.807, 2.05) is 0 Å². The number of nitrogens with one attached hydrogen (secondary N) is 1. The minimum atomic E-state index is -4.59. The van der Waals surface area contributed by atoms with Gasteiger partial charge in [0.05, 0.1) is 26.9 Å². The first-order valence-electron chi connectivity index (χ1n) is 8.54. The zero-order valence-corrected chi connectivity index (χ0v) is 17.2. The van der Waals surface area contributed by atoms with Crippen LogP contribution >= 0.6 is 23.2 Å². The van der Waals surface area contributed by atoms with Gasteiger partial charge in [-0.1, -0.05) is 23.2 Å². The first-order valence-corrected chi connectivity index (χ1v) is 9.29. The standard InChI is InChI=1S/C19H13Cl2F3N4O3/c1-9(4-15(30)26-11-2-3-12(13(20)6-11)19(22,23)24)17-14(21)5-10(7-25-17)18-28-27-16(8-29)31-18/h2-7,29H,8H2,1H3,(H,26,30)/b9-4-. The number of anilines is 1. The summed E-state index contributed by atoms with van der Waals surface area (Å²) in [6.45, 7) is 1.18. The maximum absolute atomic E-state index is 12.8. The Morgan fingerprint density at radius 2 is 1.97 bits per heavy atom. The quantitative estimate of drug-likeness (QED) is 0.507. The number of allylic oxidation sites excluding steroid dienone is 1. The van der Waals surface area contributed by atoms with E-state index in [0.717, 1.165) is 18.2 Å². The number of nitrogens with zero attached hydrogens (tertiary/aromatic N) is 3. The van der Waals surface area contributed by atoms with Gasteiger partial charge in [0.25, 0.3) is 0 Å². The van der Waals surface area contributed by atoms with Crippen LogP contribution in [0.5, 0.6) is 0 Å². The highest BCUT2D eigenvalue weighted by Crippen LogP contribution is 2.36. The van der Waals surface area contributed by atoms with Gasteiger partial charge in [0.15, 0.2) is 0 Å². The fourth-order valence-corrected chi connectivity index (χ4v) is 3.15. The molecule has 0 saturated carbocycles. The average Bonchev–Trinajstić information content (AvgIpc) is 3.16. The third-order valence-corrected chi connectivity index (χ3v) is 4.55. The summed E-state index contributed by atoms with van der Waals surface area (Å²) in [6.07, 6.45) is -2.00. The van der Waals surface area contributed by atoms with Crippen molar-refractivity contribution in [1.29, 1.82) is 0 Å². The predicted molar refractivity (Wildman–Crippen MR) is 107 cm³/mol. The summed E-state index contributed by atoms with van der Waals surface area (Å²) >= 11 is 11.9. The van der Waals surface area contributed by atoms with Crippen LogP contribution in [0.3, 0.4) is 0 Å². The van der Waals surface area contributed by atoms with Gasteiger partial charge in [-0.2, -0.15) is 13.2 Å². The molecule has 31 heavy (non-hydrogen) atoms. The smallest absolute Gasteiger partial charge is 0.417 e. The Hall–Kier alpha value is -2.95. The Balaban J connectivity index is 1.76. The summed E-state index contributed by atoms with van der Waals surface area (Å²) in [7, 11) is 0. The van der Waals surface area contributed by atoms with Gasteiger partial charge in [0.2, 0.25) is 17.7 Å². The van der Waals surface area contributed by atoms with Crippen molar-refractivity contribution in [2.45, 2.75) is 19.7 Å². The second-order valence-corrected chi connectivity index (χ2v) is 7.04. The molecule has 2 heterocycles. The Bertz CT molecular complexity index is 1160. The molecule has 0 radical (unpaired) electrons. The zero-order valence-electron chi connectivity index (χ0n) is 15.7. The summed E-state index contributed by atoms with van der Waals surface area (Å²) < 4.78 is 43.5. The first-order chi connectivity index (χ1) is 14.6. The van der Waals surface area contributed by atoms with E-state index in [4.69, 9.17) is 32.7 Å². The van der Waals surface area contributed by atoms with Crippen molar-refractivity contribution in [2.24, 2.45) is 0 Å². The molecular formula is C19H13Cl2F3N4O3. The molecule has 1 amide bonds. The molecule has 0 atom stereocenters. The Kier molecular flexibility index (Phi) is 6.63. The minimum absolute atomic E-state index is 0.0336. The van der Waals surface area contributed by atoms with Crippen LogP contribution in [0.2, 0.25) is 10.0 Å². The molecule has 12 heteroatoms. The number of carbonyl (C=O) groups is 1. The third kappa shape index (κ3) is 5.40. The maximum Gasteiger partial charge on any atom is 0.417 e. The van der Waals surface area contributed by atoms with Crippen molar-refractivity contribution < 1.29 is 27.5 Å². The molecule has 0 unspecified atom stereocenters. The number of halogens is 5. The van der Waals surface area contributed by atoms with E-state index < -0.39 is 29.3 Å². The van der Waals surface area contributed by atoms with E-state index in [1.54, 1.807) is 6.92 Å². The molecule has 0 aliphatic carbocycles. The Labute approximate surface area is 183 Å². The van der Waals surface area contributed by atoms with E-state index in [1.165, 1.54) is 18.3 Å². The molecule has 1 aromatic carbocycles. The van der Waals surface area contributed by atoms with Crippen LogP contribution in [0.4, 0.5) is 18.9 Å². The topological polar surface area (TPSA) is 101 Å². The molecule has 0 aliphatic heterocycles. The number of rotatable bonds is 5. The number of alkyl halides is 3. The van der Waals surface area contributed by atoms with Gasteiger partial charge in [0, 0.05) is 18.0 Å². The van der Waals surface area contributed by atoms with Gasteiger partial charge in [-0.25, -0.2) is 0 Å². The lowest BCUT2D eigenvalue weighted by molar-refractivity contribution is -0.137. The molecular weight excluding hydrogens is 460 g/mol. The molecule has 2 aromatic heterocycles. The second-order valence-electron chi connectivity index (χ2n) is 6.22. The van der Waals surface area contributed by atoms with Crippen molar-refractivity contribution in [3.8, 4) is 11.5 Å². The van der Waals surface area contributed by atoms with Gasteiger partial charge in [-0.05, 0) is 36.8 Å². The van der Waals surface area contributed by atoms with Crippen LogP contribution in [-0.4, -0.2) is 26.2 Å². The van der Waals surface area contributed by atoms with E-state index in [0.29, 0.717) is 16.8 Å². The number of benzene rings is 1. The fraction of sp³-hybridized carbons (Fsp3) is 0.158. The predicted octanol–water partition coefficient (Wildman–Crippen LogP) is 4.99. The molecule has 162 valence electrons. The number of amides is 1. The summed E-state index contributed by atoms with van der Waals surface area (Å²) in [5, 5.41) is 18.5. The number of aromatic nitrogens is 3. The van der Waals surface area contributed by atoms with Crippen molar-refractivity contribution in [2.75, 3.05) is 5.32 Å². The van der Waals surface area contributed by atoms with Crippen LogP contribution in [-0.2, 0) is 17.6 Å². The monoisotopic (exact) mass is 472 g/mol. The highest BCUT2D eigenvalue weighted by Gasteiger charge is 2.33. The lowest BCUT2D eigenvalue weighted by Crippen LogP contribution is -2.10. The molecule has 7 nitrogen and oxygen atoms in total. The van der Waals surface area contributed by atoms with Crippen molar-refractivity contribution in [3.63, 3.8) is 0 Å². The zero-order chi connectivity index (χ0) is 22.8. The highest BCUT2D eigenvalue weighted by molar-refractivity contribution is 6.32. The molecule has 0 bridgehead atoms. The summed E-state index contributed by atoms with van der Waals surface area (Å²) in [5.74, 6) is -0.463. The van der Waals surface area contributed by atoms with Crippen LogP contribution in [0.15, 0.2) is 41.0 Å². The molecule has 0 saturated heterocycles. The van der Waals surface area contributed by atoms with Crippen molar-refractivity contribution in [3.05, 3.63) is 63.7 Å². The van der Waals surface area contributed by atoms with Crippen LogP contribution in [0.25, 0.3) is 17.0 Å². The number of pyridine rings is 1. The van der Waals surface area contributed by atoms with E-state index in [9.17, 15) is 18.0 Å². The molecule has 0 aliphatic rings. The summed E-state index contributed by atoms with van der Waals surface area (Å²) in [6, 6.07) is 4.40. The van der Waals surface area contributed by atoms with Crippen LogP contribution in [0.1, 0.15) is 24.1 Å². The van der Waals surface area contributed by atoms with Gasteiger partial charge in [-0.15, -0.1) is 10.2 Å². The fourth-order valence-electron chi connectivity index (χ4n) is 2.55. The molecule has 0 fully saturated rings. The lowest BCUT2D eigenvalue weighted by Gasteiger charge is -2.11. The van der Waals surface area contributed by atoms with Gasteiger partial charge in [0.1, 0.15) is 6.61 Å². The molecule has 3 rings (SSSR count). The third-order valence-electron chi connectivity index (χ3n) is 3.95. The lowest BCUT2D eigenvalue weighted by atomic mass is 10.1. The number of aliphatic hydroxyl groups is 1. The van der Waals surface area contributed by atoms with Crippen LogP contribution in [0, 0.1) is 0 Å². The van der Waals surface area contributed by atoms with Crippen molar-refractivity contribution >= 4 is 40.4 Å². The largest absolute Gasteiger partial charge is 0.418 e. The van der Waals surface area contributed by atoms with Gasteiger partial charge < -0.3 is 14.8 Å². The van der Waals surface area contributed by atoms with E-state index in [-0.39, 0.29) is 22.5 Å². The summed E-state index contributed by atoms with van der Waals surface area (Å²) in [5.41, 5.74) is 0.207. The SMILES string of the molecule is C/C(=C/C(=O)Nc1ccc(C(F)(F)F)c(Cl)c1)c1ncc(-c2nnc(CO)o2)cc1Cl. The van der Waals surface area contributed by atoms with E-state index in [2.05, 4.69) is 20.5 Å². The van der Waals surface area contributed by atoms with Gasteiger partial charge >= 0.3 is 6.18 Å². The number of carbonyl (C=O) groups excluding carboxylic acids is 1. The summed E-state index contributed by atoms with van der Waals surface area (Å²) in [4.78, 5) is 16.4. The first kappa shape index (κ1) is 22.7. The normalized spacial score (nSPS) is 12.2. The van der Waals surface area contributed by atoms with Gasteiger partial charge in [-0.3, -0.25) is 9.78 Å². The number of hydrogen-bond donors (Lipinski definition) is 2. The molecule has 0 spiro atoms. The number of aliphatic hydroxyl groups excluding tert-OH is 1. The highest BCUT2D eigenvalue weighted by atomic mass is 35.5. The Morgan fingerprint density at radius 3 is 2.55 bits per heavy atom. The number of hydrogen-bond acceptors (Lipinski definition) is 6. The average molecular weight is 473 g/mol. The van der Waals surface area contributed by atoms with E-state index >= 15 is 0 Å². The Morgan fingerprint density at radius 1 is 1.23 bits per heavy atom.